The van der Waals surface area contributed by atoms with E-state index in [1.807, 2.05) is 18.2 Å². The molecule has 10 heteroatoms. The maximum atomic E-state index is 14.9. The van der Waals surface area contributed by atoms with Gasteiger partial charge in [-0.3, -0.25) is 9.59 Å². The number of para-hydroxylation sites is 1. The van der Waals surface area contributed by atoms with Crippen molar-refractivity contribution in [3.8, 4) is 0 Å². The van der Waals surface area contributed by atoms with Gasteiger partial charge >= 0.3 is 0 Å². The molecule has 9 nitrogen and oxygen atoms in total. The van der Waals surface area contributed by atoms with Gasteiger partial charge in [-0.15, -0.1) is 5.10 Å². The standard InChI is InChI=1S/C24H28FN5O4/c1-33-14-12-26-24(32)23(18-8-2-3-9-19(18)25)29(15-17-7-6-13-34-17)22(31)16-30-21-11-5-4-10-20(21)27-28-30/h2-5,8-11,17,23H,6-7,12-16H2,1H3,(H,26,32)/t17-,23-/m0/s1. The van der Waals surface area contributed by atoms with E-state index < -0.39 is 17.8 Å². The number of fused-ring (bicyclic) bond motifs is 1. The minimum atomic E-state index is -1.18. The number of hydrogen-bond donors (Lipinski definition) is 1. The third-order valence-electron chi connectivity index (χ3n) is 5.82. The highest BCUT2D eigenvalue weighted by Gasteiger charge is 2.35. The SMILES string of the molecule is COCCNC(=O)[C@H](c1ccccc1F)N(C[C@@H]1CCCO1)C(=O)Cn1nnc2ccccc21. The molecule has 2 heterocycles. The third-order valence-corrected chi connectivity index (χ3v) is 5.82. The molecule has 0 unspecified atom stereocenters. The van der Waals surface area contributed by atoms with Crippen LogP contribution in [0.1, 0.15) is 24.4 Å². The number of nitrogens with zero attached hydrogens (tertiary/aromatic N) is 4. The fourth-order valence-electron chi connectivity index (χ4n) is 4.13. The molecule has 1 N–H and O–H groups in total. The van der Waals surface area contributed by atoms with Crippen LogP contribution >= 0.6 is 0 Å². The summed E-state index contributed by atoms with van der Waals surface area (Å²) in [7, 11) is 1.52. The van der Waals surface area contributed by atoms with E-state index in [4.69, 9.17) is 9.47 Å². The first-order valence-electron chi connectivity index (χ1n) is 11.3. The minimum Gasteiger partial charge on any atom is -0.383 e. The number of methoxy groups -OCH3 is 1. The van der Waals surface area contributed by atoms with Gasteiger partial charge in [0.1, 0.15) is 23.9 Å². The fraction of sp³-hybridized carbons (Fsp3) is 0.417. The normalized spacial score (nSPS) is 16.5. The van der Waals surface area contributed by atoms with Gasteiger partial charge in [-0.25, -0.2) is 9.07 Å². The molecule has 0 aliphatic carbocycles. The molecule has 2 aromatic carbocycles. The zero-order valence-electron chi connectivity index (χ0n) is 19.0. The molecular formula is C24H28FN5O4. The van der Waals surface area contributed by atoms with Crippen molar-refractivity contribution in [2.24, 2.45) is 0 Å². The zero-order chi connectivity index (χ0) is 23.9. The molecule has 180 valence electrons. The molecule has 34 heavy (non-hydrogen) atoms. The molecule has 0 bridgehead atoms. The third kappa shape index (κ3) is 5.40. The maximum Gasteiger partial charge on any atom is 0.247 e. The van der Waals surface area contributed by atoms with E-state index in [2.05, 4.69) is 15.6 Å². The van der Waals surface area contributed by atoms with Gasteiger partial charge in [0.05, 0.1) is 18.2 Å². The maximum absolute atomic E-state index is 14.9. The monoisotopic (exact) mass is 469 g/mol. The summed E-state index contributed by atoms with van der Waals surface area (Å²) in [6.07, 6.45) is 1.38. The van der Waals surface area contributed by atoms with Crippen molar-refractivity contribution in [1.82, 2.24) is 25.2 Å². The van der Waals surface area contributed by atoms with Gasteiger partial charge in [0.25, 0.3) is 0 Å². The second-order valence-corrected chi connectivity index (χ2v) is 8.12. The van der Waals surface area contributed by atoms with Gasteiger partial charge in [0.2, 0.25) is 11.8 Å². The summed E-state index contributed by atoms with van der Waals surface area (Å²) in [4.78, 5) is 28.4. The highest BCUT2D eigenvalue weighted by molar-refractivity contribution is 5.89. The van der Waals surface area contributed by atoms with Crippen LogP contribution in [0.25, 0.3) is 11.0 Å². The Labute approximate surface area is 196 Å². The zero-order valence-corrected chi connectivity index (χ0v) is 19.0. The van der Waals surface area contributed by atoms with Crippen LogP contribution in [-0.4, -0.2) is 71.2 Å². The van der Waals surface area contributed by atoms with Crippen LogP contribution in [0.4, 0.5) is 4.39 Å². The lowest BCUT2D eigenvalue weighted by Crippen LogP contribution is -2.48. The summed E-state index contributed by atoms with van der Waals surface area (Å²) in [5.41, 5.74) is 1.47. The van der Waals surface area contributed by atoms with Crippen LogP contribution in [0.5, 0.6) is 0 Å². The molecule has 0 radical (unpaired) electrons. The first kappa shape index (κ1) is 23.8. The lowest BCUT2D eigenvalue weighted by molar-refractivity contribution is -0.143. The Morgan fingerprint density at radius 1 is 1.26 bits per heavy atom. The van der Waals surface area contributed by atoms with Crippen molar-refractivity contribution in [3.05, 3.63) is 59.9 Å². The number of amides is 2. The first-order chi connectivity index (χ1) is 16.6. The average molecular weight is 470 g/mol. The van der Waals surface area contributed by atoms with Crippen molar-refractivity contribution < 1.29 is 23.5 Å². The Morgan fingerprint density at radius 3 is 2.82 bits per heavy atom. The Kier molecular flexibility index (Phi) is 7.81. The molecule has 4 rings (SSSR count). The van der Waals surface area contributed by atoms with Gasteiger partial charge in [-0.1, -0.05) is 35.5 Å². The van der Waals surface area contributed by atoms with Gasteiger partial charge < -0.3 is 19.7 Å². The van der Waals surface area contributed by atoms with Gasteiger partial charge in [-0.2, -0.15) is 0 Å². The molecule has 1 aromatic heterocycles. The van der Waals surface area contributed by atoms with E-state index in [0.717, 1.165) is 12.8 Å². The van der Waals surface area contributed by atoms with Crippen LogP contribution in [0.15, 0.2) is 48.5 Å². The van der Waals surface area contributed by atoms with Gasteiger partial charge in [-0.05, 0) is 31.0 Å². The number of carbonyl (C=O) groups is 2. The van der Waals surface area contributed by atoms with Crippen molar-refractivity contribution >= 4 is 22.8 Å². The summed E-state index contributed by atoms with van der Waals surface area (Å²) in [6, 6.07) is 12.1. The molecule has 1 aliphatic rings. The van der Waals surface area contributed by atoms with Crippen molar-refractivity contribution in [1.29, 1.82) is 0 Å². The highest BCUT2D eigenvalue weighted by atomic mass is 19.1. The van der Waals surface area contributed by atoms with Crippen molar-refractivity contribution in [3.63, 3.8) is 0 Å². The van der Waals surface area contributed by atoms with Crippen LogP contribution in [-0.2, 0) is 25.6 Å². The van der Waals surface area contributed by atoms with Crippen LogP contribution in [0.2, 0.25) is 0 Å². The van der Waals surface area contributed by atoms with E-state index in [9.17, 15) is 14.0 Å². The number of ether oxygens (including phenoxy) is 2. The summed E-state index contributed by atoms with van der Waals surface area (Å²) < 4.78 is 27.2. The van der Waals surface area contributed by atoms with Crippen molar-refractivity contribution in [2.45, 2.75) is 31.5 Å². The minimum absolute atomic E-state index is 0.118. The second-order valence-electron chi connectivity index (χ2n) is 8.12. The van der Waals surface area contributed by atoms with Crippen LogP contribution in [0, 0.1) is 5.82 Å². The number of benzene rings is 2. The predicted molar refractivity (Wildman–Crippen MR) is 122 cm³/mol. The molecule has 0 saturated carbocycles. The average Bonchev–Trinajstić information content (AvgIpc) is 3.50. The number of aromatic nitrogens is 3. The number of hydrogen-bond acceptors (Lipinski definition) is 6. The van der Waals surface area contributed by atoms with Crippen LogP contribution < -0.4 is 5.32 Å². The summed E-state index contributed by atoms with van der Waals surface area (Å²) in [5, 5.41) is 11.0. The van der Waals surface area contributed by atoms with Gasteiger partial charge in [0.15, 0.2) is 0 Å². The molecule has 2 atom stereocenters. The van der Waals surface area contributed by atoms with E-state index in [-0.39, 0.29) is 37.2 Å². The lowest BCUT2D eigenvalue weighted by Gasteiger charge is -2.33. The predicted octanol–water partition coefficient (Wildman–Crippen LogP) is 2.08. The number of rotatable bonds is 10. The molecule has 2 amide bonds. The fourth-order valence-corrected chi connectivity index (χ4v) is 4.13. The summed E-state index contributed by atoms with van der Waals surface area (Å²) in [5.74, 6) is -1.44. The van der Waals surface area contributed by atoms with E-state index >= 15 is 0 Å². The Balaban J connectivity index is 1.68. The van der Waals surface area contributed by atoms with E-state index in [1.165, 1.54) is 28.8 Å². The Bertz CT molecular complexity index is 1130. The molecule has 0 spiro atoms. The van der Waals surface area contributed by atoms with E-state index in [1.54, 1.807) is 18.2 Å². The molecule has 1 fully saturated rings. The summed E-state index contributed by atoms with van der Waals surface area (Å²) in [6.45, 7) is 1.12. The van der Waals surface area contributed by atoms with E-state index in [0.29, 0.717) is 24.2 Å². The molecule has 3 aromatic rings. The first-order valence-corrected chi connectivity index (χ1v) is 11.3. The smallest absolute Gasteiger partial charge is 0.247 e. The second kappa shape index (κ2) is 11.2. The number of carbonyl (C=O) groups excluding carboxylic acids is 2. The summed E-state index contributed by atoms with van der Waals surface area (Å²) >= 11 is 0. The largest absolute Gasteiger partial charge is 0.383 e. The Hall–Kier alpha value is -3.37. The van der Waals surface area contributed by atoms with Crippen molar-refractivity contribution in [2.75, 3.05) is 33.4 Å². The number of halogens is 1. The molecular weight excluding hydrogens is 441 g/mol. The molecule has 1 aliphatic heterocycles. The topological polar surface area (TPSA) is 98.6 Å². The Morgan fingerprint density at radius 2 is 2.06 bits per heavy atom. The lowest BCUT2D eigenvalue weighted by atomic mass is 10.0. The quantitative estimate of drug-likeness (QED) is 0.457. The van der Waals surface area contributed by atoms with Gasteiger partial charge in [0, 0.05) is 32.4 Å². The van der Waals surface area contributed by atoms with Crippen LogP contribution in [0.3, 0.4) is 0 Å². The molecule has 1 saturated heterocycles. The number of nitrogens with one attached hydrogen (secondary N) is 1. The highest BCUT2D eigenvalue weighted by Crippen LogP contribution is 2.27.